The SMILES string of the molecule is CCCCCCC1CCCCN1CCCCCC. The molecule has 1 aliphatic heterocycles. The third kappa shape index (κ3) is 6.78. The predicted molar refractivity (Wildman–Crippen MR) is 82.1 cm³/mol. The van der Waals surface area contributed by atoms with Gasteiger partial charge < -0.3 is 4.90 Å². The van der Waals surface area contributed by atoms with Crippen LogP contribution in [0.2, 0.25) is 0 Å². The van der Waals surface area contributed by atoms with E-state index in [4.69, 9.17) is 0 Å². The highest BCUT2D eigenvalue weighted by atomic mass is 15.2. The second-order valence-corrected chi connectivity index (χ2v) is 6.10. The molecule has 0 N–H and O–H groups in total. The molecular weight excluding hydrogens is 218 g/mol. The molecule has 1 saturated heterocycles. The second kappa shape index (κ2) is 10.8. The number of rotatable bonds is 10. The summed E-state index contributed by atoms with van der Waals surface area (Å²) in [6, 6.07) is 0.928. The molecule has 1 rings (SSSR count). The number of piperidine rings is 1. The Morgan fingerprint density at radius 2 is 1.56 bits per heavy atom. The van der Waals surface area contributed by atoms with Gasteiger partial charge in [0.1, 0.15) is 0 Å². The van der Waals surface area contributed by atoms with Crippen LogP contribution >= 0.6 is 0 Å². The van der Waals surface area contributed by atoms with Crippen molar-refractivity contribution in [2.45, 2.75) is 96.9 Å². The molecule has 0 spiro atoms. The summed E-state index contributed by atoms with van der Waals surface area (Å²) < 4.78 is 0. The minimum Gasteiger partial charge on any atom is -0.300 e. The van der Waals surface area contributed by atoms with E-state index in [9.17, 15) is 0 Å². The number of hydrogen-bond donors (Lipinski definition) is 0. The lowest BCUT2D eigenvalue weighted by molar-refractivity contribution is 0.135. The lowest BCUT2D eigenvalue weighted by Crippen LogP contribution is -2.40. The Kier molecular flexibility index (Phi) is 9.65. The van der Waals surface area contributed by atoms with Gasteiger partial charge >= 0.3 is 0 Å². The molecule has 0 aromatic carbocycles. The number of hydrogen-bond acceptors (Lipinski definition) is 1. The quantitative estimate of drug-likeness (QED) is 0.472. The van der Waals surface area contributed by atoms with Crippen molar-refractivity contribution in [1.29, 1.82) is 0 Å². The van der Waals surface area contributed by atoms with Crippen molar-refractivity contribution in [2.24, 2.45) is 0 Å². The summed E-state index contributed by atoms with van der Waals surface area (Å²) in [7, 11) is 0. The van der Waals surface area contributed by atoms with Gasteiger partial charge in [-0.15, -0.1) is 0 Å². The topological polar surface area (TPSA) is 3.24 Å². The third-order valence-corrected chi connectivity index (χ3v) is 4.44. The van der Waals surface area contributed by atoms with E-state index in [0.717, 1.165) is 6.04 Å². The summed E-state index contributed by atoms with van der Waals surface area (Å²) in [5.41, 5.74) is 0. The molecule has 18 heavy (non-hydrogen) atoms. The number of unbranched alkanes of at least 4 members (excludes halogenated alkanes) is 6. The summed E-state index contributed by atoms with van der Waals surface area (Å²) in [6.07, 6.45) is 17.2. The van der Waals surface area contributed by atoms with Crippen molar-refractivity contribution in [3.05, 3.63) is 0 Å². The Morgan fingerprint density at radius 1 is 0.833 bits per heavy atom. The highest BCUT2D eigenvalue weighted by Gasteiger charge is 2.20. The zero-order valence-electron chi connectivity index (χ0n) is 12.9. The maximum atomic E-state index is 2.81. The molecule has 1 nitrogen and oxygen atoms in total. The van der Waals surface area contributed by atoms with Crippen molar-refractivity contribution in [1.82, 2.24) is 4.90 Å². The molecular formula is C17H35N. The highest BCUT2D eigenvalue weighted by molar-refractivity contribution is 4.76. The van der Waals surface area contributed by atoms with Crippen LogP contribution in [-0.4, -0.2) is 24.0 Å². The van der Waals surface area contributed by atoms with Crippen molar-refractivity contribution < 1.29 is 0 Å². The van der Waals surface area contributed by atoms with Gasteiger partial charge in [-0.3, -0.25) is 0 Å². The molecule has 1 heterocycles. The Morgan fingerprint density at radius 3 is 2.28 bits per heavy atom. The van der Waals surface area contributed by atoms with E-state index < -0.39 is 0 Å². The first-order valence-electron chi connectivity index (χ1n) is 8.62. The van der Waals surface area contributed by atoms with E-state index >= 15 is 0 Å². The molecule has 0 radical (unpaired) electrons. The average Bonchev–Trinajstić information content (AvgIpc) is 2.41. The van der Waals surface area contributed by atoms with Crippen molar-refractivity contribution >= 4 is 0 Å². The van der Waals surface area contributed by atoms with E-state index in [0.29, 0.717) is 0 Å². The van der Waals surface area contributed by atoms with Crippen LogP contribution in [0.15, 0.2) is 0 Å². The molecule has 0 bridgehead atoms. The zero-order valence-corrected chi connectivity index (χ0v) is 12.9. The minimum atomic E-state index is 0.928. The standard InChI is InChI=1S/C17H35N/c1-3-5-7-9-13-17-14-10-12-16-18(17)15-11-8-6-4-2/h17H,3-16H2,1-2H3. The van der Waals surface area contributed by atoms with Crippen molar-refractivity contribution in [2.75, 3.05) is 13.1 Å². The lowest BCUT2D eigenvalue weighted by Gasteiger charge is -2.36. The van der Waals surface area contributed by atoms with Gasteiger partial charge in [0.2, 0.25) is 0 Å². The molecule has 0 aliphatic carbocycles. The van der Waals surface area contributed by atoms with Crippen LogP contribution in [-0.2, 0) is 0 Å². The van der Waals surface area contributed by atoms with Crippen molar-refractivity contribution in [3.8, 4) is 0 Å². The summed E-state index contributed by atoms with van der Waals surface area (Å²) in [5, 5.41) is 0. The number of nitrogens with zero attached hydrogens (tertiary/aromatic N) is 1. The Bertz CT molecular complexity index is 158. The normalized spacial score (nSPS) is 21.3. The van der Waals surface area contributed by atoms with Crippen LogP contribution < -0.4 is 0 Å². The molecule has 108 valence electrons. The maximum absolute atomic E-state index is 2.81. The summed E-state index contributed by atoms with van der Waals surface area (Å²) in [6.45, 7) is 7.36. The van der Waals surface area contributed by atoms with E-state index in [1.807, 2.05) is 0 Å². The van der Waals surface area contributed by atoms with E-state index in [2.05, 4.69) is 18.7 Å². The molecule has 1 atom stereocenters. The number of likely N-dealkylation sites (tertiary alicyclic amines) is 1. The van der Waals surface area contributed by atoms with Crippen molar-refractivity contribution in [3.63, 3.8) is 0 Å². The summed E-state index contributed by atoms with van der Waals surface area (Å²) >= 11 is 0. The smallest absolute Gasteiger partial charge is 0.00952 e. The van der Waals surface area contributed by atoms with Gasteiger partial charge in [0.05, 0.1) is 0 Å². The van der Waals surface area contributed by atoms with Gasteiger partial charge in [-0.25, -0.2) is 0 Å². The monoisotopic (exact) mass is 253 g/mol. The van der Waals surface area contributed by atoms with Gasteiger partial charge in [0.15, 0.2) is 0 Å². The summed E-state index contributed by atoms with van der Waals surface area (Å²) in [4.78, 5) is 2.81. The molecule has 0 amide bonds. The van der Waals surface area contributed by atoms with Crippen LogP contribution in [0.1, 0.15) is 90.9 Å². The van der Waals surface area contributed by atoms with Gasteiger partial charge in [-0.1, -0.05) is 65.2 Å². The van der Waals surface area contributed by atoms with Gasteiger partial charge in [-0.05, 0) is 38.8 Å². The molecule has 0 aromatic rings. The fourth-order valence-electron chi connectivity index (χ4n) is 3.23. The van der Waals surface area contributed by atoms with Gasteiger partial charge in [-0.2, -0.15) is 0 Å². The first kappa shape index (κ1) is 16.0. The first-order valence-corrected chi connectivity index (χ1v) is 8.62. The van der Waals surface area contributed by atoms with Gasteiger partial charge in [0.25, 0.3) is 0 Å². The predicted octanol–water partition coefficient (Wildman–Crippen LogP) is 5.39. The molecule has 0 aromatic heterocycles. The maximum Gasteiger partial charge on any atom is 0.00952 e. The fraction of sp³-hybridized carbons (Fsp3) is 1.00. The fourth-order valence-corrected chi connectivity index (χ4v) is 3.23. The molecule has 1 unspecified atom stereocenters. The highest BCUT2D eigenvalue weighted by Crippen LogP contribution is 2.22. The van der Waals surface area contributed by atoms with E-state index in [1.54, 1.807) is 0 Å². The lowest BCUT2D eigenvalue weighted by atomic mass is 9.96. The minimum absolute atomic E-state index is 0.928. The third-order valence-electron chi connectivity index (χ3n) is 4.44. The van der Waals surface area contributed by atoms with Crippen LogP contribution in [0.3, 0.4) is 0 Å². The zero-order chi connectivity index (χ0) is 13.1. The van der Waals surface area contributed by atoms with E-state index in [-0.39, 0.29) is 0 Å². The average molecular weight is 253 g/mol. The Labute approximate surface area is 115 Å². The van der Waals surface area contributed by atoms with Crippen LogP contribution in [0, 0.1) is 0 Å². The Hall–Kier alpha value is -0.0400. The van der Waals surface area contributed by atoms with E-state index in [1.165, 1.54) is 90.1 Å². The molecule has 0 saturated carbocycles. The van der Waals surface area contributed by atoms with Crippen LogP contribution in [0.4, 0.5) is 0 Å². The molecule has 1 fully saturated rings. The Balaban J connectivity index is 2.15. The molecule has 1 aliphatic rings. The van der Waals surface area contributed by atoms with Crippen LogP contribution in [0.5, 0.6) is 0 Å². The second-order valence-electron chi connectivity index (χ2n) is 6.10. The summed E-state index contributed by atoms with van der Waals surface area (Å²) in [5.74, 6) is 0. The van der Waals surface area contributed by atoms with Gasteiger partial charge in [0, 0.05) is 6.04 Å². The van der Waals surface area contributed by atoms with Crippen LogP contribution in [0.25, 0.3) is 0 Å². The largest absolute Gasteiger partial charge is 0.300 e. The first-order chi connectivity index (χ1) is 8.88. The molecule has 1 heteroatoms.